The van der Waals surface area contributed by atoms with Gasteiger partial charge in [0.25, 0.3) is 0 Å². The summed E-state index contributed by atoms with van der Waals surface area (Å²) in [6.07, 6.45) is -2.02. The van der Waals surface area contributed by atoms with Gasteiger partial charge in [-0.3, -0.25) is 0 Å². The molecule has 0 aliphatic rings. The molecule has 3 rings (SSSR count). The van der Waals surface area contributed by atoms with E-state index in [1.165, 1.54) is 0 Å². The number of rotatable bonds is 15. The van der Waals surface area contributed by atoms with Crippen molar-refractivity contribution in [3.8, 4) is 0 Å². The van der Waals surface area contributed by atoms with E-state index in [4.69, 9.17) is 18.6 Å². The third kappa shape index (κ3) is 9.77. The van der Waals surface area contributed by atoms with Gasteiger partial charge in [0.05, 0.1) is 33.0 Å². The van der Waals surface area contributed by atoms with Gasteiger partial charge in [-0.1, -0.05) is 112 Å². The highest BCUT2D eigenvalue weighted by atomic mass is 28.4. The lowest BCUT2D eigenvalue weighted by atomic mass is 10.1. The lowest BCUT2D eigenvalue weighted by Crippen LogP contribution is -2.49. The van der Waals surface area contributed by atoms with Crippen LogP contribution in [0.2, 0.25) is 18.1 Å². The number of aliphatic hydroxyl groups is 1. The van der Waals surface area contributed by atoms with E-state index in [9.17, 15) is 5.11 Å². The highest BCUT2D eigenvalue weighted by Crippen LogP contribution is 2.37. The van der Waals surface area contributed by atoms with Crippen molar-refractivity contribution in [2.24, 2.45) is 0 Å². The van der Waals surface area contributed by atoms with Crippen molar-refractivity contribution in [1.29, 1.82) is 0 Å². The molecule has 0 unspecified atom stereocenters. The molecule has 1 N–H and O–H groups in total. The Bertz CT molecular complexity index is 1040. The average molecular weight is 537 g/mol. The van der Waals surface area contributed by atoms with E-state index in [0.717, 1.165) is 16.7 Å². The van der Waals surface area contributed by atoms with Gasteiger partial charge in [0.15, 0.2) is 8.32 Å². The number of hydrogen-bond acceptors (Lipinski definition) is 5. The maximum absolute atomic E-state index is 11.3. The summed E-state index contributed by atoms with van der Waals surface area (Å²) in [5.41, 5.74) is 3.14. The smallest absolute Gasteiger partial charge is 0.192 e. The molecule has 0 fully saturated rings. The van der Waals surface area contributed by atoms with Crippen LogP contribution in [-0.2, 0) is 38.5 Å². The first-order valence-corrected chi connectivity index (χ1v) is 16.3. The molecular weight excluding hydrogens is 492 g/mol. The number of hydrogen-bond donors (Lipinski definition) is 1. The Hall–Kier alpha value is -2.32. The normalized spacial score (nSPS) is 14.7. The largest absolute Gasteiger partial charge is 0.414 e. The summed E-state index contributed by atoms with van der Waals surface area (Å²) in [6.45, 7) is 12.7. The van der Waals surface area contributed by atoms with Gasteiger partial charge < -0.3 is 23.7 Å². The predicted octanol–water partition coefficient (Wildman–Crippen LogP) is 6.76. The molecule has 0 amide bonds. The Balaban J connectivity index is 1.77. The van der Waals surface area contributed by atoms with E-state index < -0.39 is 26.6 Å². The van der Waals surface area contributed by atoms with Gasteiger partial charge >= 0.3 is 0 Å². The molecule has 0 bridgehead atoms. The Morgan fingerprint density at radius 2 is 1.11 bits per heavy atom. The van der Waals surface area contributed by atoms with Crippen molar-refractivity contribution in [2.75, 3.05) is 13.2 Å². The zero-order valence-corrected chi connectivity index (χ0v) is 24.5. The number of aliphatic hydroxyl groups excluding tert-OH is 1. The fourth-order valence-electron chi connectivity index (χ4n) is 3.72. The van der Waals surface area contributed by atoms with Gasteiger partial charge in [0.1, 0.15) is 18.3 Å². The summed E-state index contributed by atoms with van der Waals surface area (Å²) in [7, 11) is -2.06. The fourth-order valence-corrected chi connectivity index (χ4v) is 4.74. The Kier molecular flexibility index (Phi) is 11.7. The van der Waals surface area contributed by atoms with Gasteiger partial charge in [-0.15, -0.1) is 0 Å². The van der Waals surface area contributed by atoms with Gasteiger partial charge in [-0.2, -0.15) is 0 Å². The highest BCUT2D eigenvalue weighted by molar-refractivity contribution is 6.74. The standard InChI is InChI=1S/C32H44O5Si/c1-32(2,3)38(4,5)37-25-30(35-22-27-17-11-7-12-18-27)31(36-23-28-19-13-8-14-20-28)29(33)24-34-21-26-15-9-6-10-16-26/h6-20,29-31,33H,21-25H2,1-5H3/t29-,30-,31+/m1/s1. The first-order valence-electron chi connectivity index (χ1n) is 13.4. The molecule has 0 aliphatic carbocycles. The second-order valence-electron chi connectivity index (χ2n) is 11.2. The molecule has 0 heterocycles. The Labute approximate surface area is 229 Å². The second kappa shape index (κ2) is 14.7. The topological polar surface area (TPSA) is 57.2 Å². The predicted molar refractivity (Wildman–Crippen MR) is 155 cm³/mol. The van der Waals surface area contributed by atoms with E-state index in [1.807, 2.05) is 91.0 Å². The molecule has 0 saturated carbocycles. The van der Waals surface area contributed by atoms with Crippen LogP contribution in [0.15, 0.2) is 91.0 Å². The molecule has 206 valence electrons. The van der Waals surface area contributed by atoms with Crippen molar-refractivity contribution in [3.63, 3.8) is 0 Å². The van der Waals surface area contributed by atoms with Crippen molar-refractivity contribution >= 4 is 8.32 Å². The lowest BCUT2D eigenvalue weighted by Gasteiger charge is -2.39. The van der Waals surface area contributed by atoms with Crippen molar-refractivity contribution in [2.45, 2.75) is 77.0 Å². The molecule has 5 nitrogen and oxygen atoms in total. The van der Waals surface area contributed by atoms with Gasteiger partial charge in [0.2, 0.25) is 0 Å². The minimum atomic E-state index is -2.06. The summed E-state index contributed by atoms with van der Waals surface area (Å²) in [6, 6.07) is 30.0. The van der Waals surface area contributed by atoms with E-state index in [-0.39, 0.29) is 11.6 Å². The summed E-state index contributed by atoms with van der Waals surface area (Å²) < 4.78 is 25.3. The summed E-state index contributed by atoms with van der Waals surface area (Å²) in [5, 5.41) is 11.4. The molecule has 0 aromatic heterocycles. The molecule has 6 heteroatoms. The van der Waals surface area contributed by atoms with Gasteiger partial charge in [-0.05, 0) is 34.8 Å². The van der Waals surface area contributed by atoms with Crippen LogP contribution in [0.3, 0.4) is 0 Å². The maximum Gasteiger partial charge on any atom is 0.192 e. The molecule has 0 radical (unpaired) electrons. The molecule has 0 aliphatic heterocycles. The third-order valence-corrected chi connectivity index (χ3v) is 11.7. The molecule has 3 aromatic rings. The zero-order chi connectivity index (χ0) is 27.4. The Morgan fingerprint density at radius 1 is 0.658 bits per heavy atom. The number of benzene rings is 3. The monoisotopic (exact) mass is 536 g/mol. The Morgan fingerprint density at radius 3 is 1.58 bits per heavy atom. The molecular formula is C32H44O5Si. The maximum atomic E-state index is 11.3. The van der Waals surface area contributed by atoms with Gasteiger partial charge in [-0.25, -0.2) is 0 Å². The van der Waals surface area contributed by atoms with Crippen LogP contribution in [0.25, 0.3) is 0 Å². The van der Waals surface area contributed by atoms with Gasteiger partial charge in [0, 0.05) is 0 Å². The van der Waals surface area contributed by atoms with E-state index in [1.54, 1.807) is 0 Å². The second-order valence-corrected chi connectivity index (χ2v) is 16.0. The fraction of sp³-hybridized carbons (Fsp3) is 0.438. The molecule has 0 spiro atoms. The SMILES string of the molecule is CC(C)(C)[Si](C)(C)OC[C@@H](OCc1ccccc1)[C@@H](OCc1ccccc1)[C@H](O)COCc1ccccc1. The first-order chi connectivity index (χ1) is 18.2. The molecule has 0 saturated heterocycles. The van der Waals surface area contributed by atoms with Crippen LogP contribution < -0.4 is 0 Å². The first kappa shape index (κ1) is 30.2. The zero-order valence-electron chi connectivity index (χ0n) is 23.5. The van der Waals surface area contributed by atoms with Crippen molar-refractivity contribution in [1.82, 2.24) is 0 Å². The summed E-state index contributed by atoms with van der Waals surface area (Å²) in [4.78, 5) is 0. The van der Waals surface area contributed by atoms with E-state index >= 15 is 0 Å². The van der Waals surface area contributed by atoms with Crippen molar-refractivity contribution in [3.05, 3.63) is 108 Å². The molecule has 3 aromatic carbocycles. The van der Waals surface area contributed by atoms with E-state index in [0.29, 0.717) is 26.4 Å². The summed E-state index contributed by atoms with van der Waals surface area (Å²) in [5.74, 6) is 0. The highest BCUT2D eigenvalue weighted by Gasteiger charge is 2.39. The number of ether oxygens (including phenoxy) is 3. The van der Waals surface area contributed by atoms with Crippen molar-refractivity contribution < 1.29 is 23.7 Å². The van der Waals surface area contributed by atoms with Crippen LogP contribution in [-0.4, -0.2) is 44.9 Å². The third-order valence-electron chi connectivity index (χ3n) is 7.15. The van der Waals surface area contributed by atoms with Crippen LogP contribution in [0.5, 0.6) is 0 Å². The minimum Gasteiger partial charge on any atom is -0.414 e. The van der Waals surface area contributed by atoms with Crippen LogP contribution >= 0.6 is 0 Å². The van der Waals surface area contributed by atoms with Crippen LogP contribution in [0.1, 0.15) is 37.5 Å². The molecule has 38 heavy (non-hydrogen) atoms. The average Bonchev–Trinajstić information content (AvgIpc) is 2.91. The lowest BCUT2D eigenvalue weighted by molar-refractivity contribution is -0.156. The quantitative estimate of drug-likeness (QED) is 0.218. The van der Waals surface area contributed by atoms with E-state index in [2.05, 4.69) is 33.9 Å². The summed E-state index contributed by atoms with van der Waals surface area (Å²) >= 11 is 0. The van der Waals surface area contributed by atoms with Crippen LogP contribution in [0.4, 0.5) is 0 Å². The minimum absolute atomic E-state index is 0.0504. The van der Waals surface area contributed by atoms with Crippen LogP contribution in [0, 0.1) is 0 Å². The molecule has 3 atom stereocenters.